The van der Waals surface area contributed by atoms with Crippen LogP contribution >= 0.6 is 11.8 Å². The van der Waals surface area contributed by atoms with Gasteiger partial charge in [-0.3, -0.25) is 4.79 Å². The lowest BCUT2D eigenvalue weighted by Crippen LogP contribution is -2.22. The molecule has 0 saturated heterocycles. The molecule has 3 aromatic rings. The molecule has 2 aromatic carbocycles. The molecule has 1 amide bonds. The fourth-order valence-corrected chi connectivity index (χ4v) is 3.42. The van der Waals surface area contributed by atoms with Gasteiger partial charge in [0.1, 0.15) is 5.75 Å². The van der Waals surface area contributed by atoms with E-state index in [1.807, 2.05) is 74.0 Å². The second-order valence-corrected chi connectivity index (χ2v) is 7.47. The molecule has 0 radical (unpaired) electrons. The van der Waals surface area contributed by atoms with E-state index in [4.69, 9.17) is 4.74 Å². The molecule has 0 aliphatic heterocycles. The number of rotatable bonds is 6. The molecule has 1 heterocycles. The number of carbonyl (C=O) groups excluding carboxylic acids is 1. The Kier molecular flexibility index (Phi) is 5.81. The number of amides is 1. The zero-order valence-electron chi connectivity index (χ0n) is 15.8. The van der Waals surface area contributed by atoms with Crippen LogP contribution in [0.4, 0.5) is 5.69 Å². The number of ether oxygens (including phenoxy) is 1. The van der Waals surface area contributed by atoms with Crippen molar-refractivity contribution >= 4 is 23.4 Å². The van der Waals surface area contributed by atoms with Gasteiger partial charge in [-0.05, 0) is 43.7 Å². The largest absolute Gasteiger partial charge is 0.497 e. The molecule has 0 aliphatic carbocycles. The fraction of sp³-hybridized carbons (Fsp3) is 0.250. The number of benzene rings is 2. The van der Waals surface area contributed by atoms with Gasteiger partial charge in [0, 0.05) is 18.3 Å². The Labute approximate surface area is 163 Å². The van der Waals surface area contributed by atoms with Crippen molar-refractivity contribution in [3.8, 4) is 17.1 Å². The third-order valence-electron chi connectivity index (χ3n) is 4.23. The summed E-state index contributed by atoms with van der Waals surface area (Å²) >= 11 is 1.38. The summed E-state index contributed by atoms with van der Waals surface area (Å²) in [6, 6.07) is 15.3. The quantitative estimate of drug-likeness (QED) is 0.655. The average molecular weight is 382 g/mol. The number of carbonyl (C=O) groups is 1. The molecule has 1 aromatic heterocycles. The maximum atomic E-state index is 12.5. The van der Waals surface area contributed by atoms with E-state index in [9.17, 15) is 4.79 Å². The summed E-state index contributed by atoms with van der Waals surface area (Å²) in [6.07, 6.45) is 0. The summed E-state index contributed by atoms with van der Waals surface area (Å²) in [7, 11) is 3.52. The van der Waals surface area contributed by atoms with E-state index in [1.54, 1.807) is 7.11 Å². The van der Waals surface area contributed by atoms with Gasteiger partial charge in [0.2, 0.25) is 5.91 Å². The van der Waals surface area contributed by atoms with Crippen molar-refractivity contribution < 1.29 is 9.53 Å². The lowest BCUT2D eigenvalue weighted by molar-refractivity contribution is -0.115. The minimum Gasteiger partial charge on any atom is -0.497 e. The maximum Gasteiger partial charge on any atom is 0.237 e. The smallest absolute Gasteiger partial charge is 0.237 e. The predicted molar refractivity (Wildman–Crippen MR) is 108 cm³/mol. The zero-order chi connectivity index (χ0) is 19.4. The Bertz CT molecular complexity index is 937. The van der Waals surface area contributed by atoms with Crippen LogP contribution < -0.4 is 10.1 Å². The van der Waals surface area contributed by atoms with Gasteiger partial charge < -0.3 is 14.6 Å². The van der Waals surface area contributed by atoms with E-state index in [2.05, 4.69) is 15.5 Å². The predicted octanol–water partition coefficient (Wildman–Crippen LogP) is 3.92. The Hall–Kier alpha value is -2.80. The van der Waals surface area contributed by atoms with E-state index < -0.39 is 0 Å². The summed E-state index contributed by atoms with van der Waals surface area (Å²) in [6.45, 7) is 3.90. The Morgan fingerprint density at radius 1 is 1.15 bits per heavy atom. The van der Waals surface area contributed by atoms with Crippen molar-refractivity contribution in [3.05, 3.63) is 54.1 Å². The van der Waals surface area contributed by atoms with Crippen LogP contribution in [0, 0.1) is 6.92 Å². The Morgan fingerprint density at radius 3 is 2.52 bits per heavy atom. The number of aryl methyl sites for hydroxylation is 1. The molecule has 0 saturated carbocycles. The lowest BCUT2D eigenvalue weighted by atomic mass is 10.1. The van der Waals surface area contributed by atoms with Crippen molar-refractivity contribution in [2.75, 3.05) is 12.4 Å². The van der Waals surface area contributed by atoms with E-state index in [0.29, 0.717) is 5.16 Å². The number of hydrogen-bond donors (Lipinski definition) is 1. The monoisotopic (exact) mass is 382 g/mol. The Balaban J connectivity index is 1.69. The molecule has 0 bridgehead atoms. The second-order valence-electron chi connectivity index (χ2n) is 6.16. The normalized spacial score (nSPS) is 11.9. The molecular weight excluding hydrogens is 360 g/mol. The van der Waals surface area contributed by atoms with Crippen LogP contribution in [0.1, 0.15) is 12.5 Å². The standard InChI is InChI=1S/C20H22N4O2S/c1-13-7-5-6-8-17(13)18-22-23-20(24(18)3)27-14(2)19(25)21-15-9-11-16(26-4)12-10-15/h5-12,14H,1-4H3,(H,21,25)/t14-/m0/s1. The first-order valence-electron chi connectivity index (χ1n) is 8.56. The molecule has 3 rings (SSSR count). The van der Waals surface area contributed by atoms with Gasteiger partial charge in [0.05, 0.1) is 12.4 Å². The summed E-state index contributed by atoms with van der Waals surface area (Å²) < 4.78 is 7.05. The minimum atomic E-state index is -0.320. The van der Waals surface area contributed by atoms with Crippen LogP contribution in [0.3, 0.4) is 0 Å². The van der Waals surface area contributed by atoms with Gasteiger partial charge in [-0.1, -0.05) is 36.0 Å². The van der Waals surface area contributed by atoms with Crippen molar-refractivity contribution in [1.82, 2.24) is 14.8 Å². The molecule has 0 spiro atoms. The number of methoxy groups -OCH3 is 1. The average Bonchev–Trinajstić information content (AvgIpc) is 3.03. The fourth-order valence-electron chi connectivity index (χ4n) is 2.61. The molecule has 27 heavy (non-hydrogen) atoms. The highest BCUT2D eigenvalue weighted by Gasteiger charge is 2.20. The van der Waals surface area contributed by atoms with E-state index >= 15 is 0 Å². The number of hydrogen-bond acceptors (Lipinski definition) is 5. The van der Waals surface area contributed by atoms with Crippen molar-refractivity contribution in [1.29, 1.82) is 0 Å². The lowest BCUT2D eigenvalue weighted by Gasteiger charge is -2.12. The molecule has 7 heteroatoms. The summed E-state index contributed by atoms with van der Waals surface area (Å²) in [4.78, 5) is 12.5. The highest BCUT2D eigenvalue weighted by Crippen LogP contribution is 2.27. The highest BCUT2D eigenvalue weighted by molar-refractivity contribution is 8.00. The summed E-state index contributed by atoms with van der Waals surface area (Å²) in [5, 5.41) is 11.9. The van der Waals surface area contributed by atoms with Crippen LogP contribution in [-0.4, -0.2) is 33.0 Å². The van der Waals surface area contributed by atoms with Crippen molar-refractivity contribution in [3.63, 3.8) is 0 Å². The summed E-state index contributed by atoms with van der Waals surface area (Å²) in [5.41, 5.74) is 2.90. The highest BCUT2D eigenvalue weighted by atomic mass is 32.2. The number of nitrogens with zero attached hydrogens (tertiary/aromatic N) is 3. The van der Waals surface area contributed by atoms with Gasteiger partial charge in [0.15, 0.2) is 11.0 Å². The van der Waals surface area contributed by atoms with E-state index in [1.165, 1.54) is 11.8 Å². The van der Waals surface area contributed by atoms with Crippen LogP contribution in [0.5, 0.6) is 5.75 Å². The van der Waals surface area contributed by atoms with Crippen LogP contribution in [-0.2, 0) is 11.8 Å². The zero-order valence-corrected chi connectivity index (χ0v) is 16.6. The molecule has 0 aliphatic rings. The Morgan fingerprint density at radius 2 is 1.85 bits per heavy atom. The minimum absolute atomic E-state index is 0.0920. The molecule has 0 unspecified atom stereocenters. The van der Waals surface area contributed by atoms with Crippen molar-refractivity contribution in [2.45, 2.75) is 24.3 Å². The van der Waals surface area contributed by atoms with E-state index in [-0.39, 0.29) is 11.2 Å². The van der Waals surface area contributed by atoms with Gasteiger partial charge in [-0.2, -0.15) is 0 Å². The molecular formula is C20H22N4O2S. The van der Waals surface area contributed by atoms with Crippen molar-refractivity contribution in [2.24, 2.45) is 7.05 Å². The van der Waals surface area contributed by atoms with Crippen LogP contribution in [0.15, 0.2) is 53.7 Å². The molecule has 0 fully saturated rings. The third-order valence-corrected chi connectivity index (χ3v) is 5.36. The SMILES string of the molecule is COc1ccc(NC(=O)[C@H](C)Sc2nnc(-c3ccccc3C)n2C)cc1. The maximum absolute atomic E-state index is 12.5. The first-order chi connectivity index (χ1) is 13.0. The van der Waals surface area contributed by atoms with Crippen LogP contribution in [0.2, 0.25) is 0 Å². The molecule has 140 valence electrons. The first kappa shape index (κ1) is 19.0. The molecule has 1 atom stereocenters. The number of nitrogens with one attached hydrogen (secondary N) is 1. The van der Waals surface area contributed by atoms with Gasteiger partial charge >= 0.3 is 0 Å². The first-order valence-corrected chi connectivity index (χ1v) is 9.44. The van der Waals surface area contributed by atoms with Crippen LogP contribution in [0.25, 0.3) is 11.4 Å². The third kappa shape index (κ3) is 4.31. The number of aromatic nitrogens is 3. The number of anilines is 1. The van der Waals surface area contributed by atoms with Gasteiger partial charge in [0.25, 0.3) is 0 Å². The van der Waals surface area contributed by atoms with E-state index in [0.717, 1.165) is 28.4 Å². The second kappa shape index (κ2) is 8.26. The molecule has 6 nitrogen and oxygen atoms in total. The summed E-state index contributed by atoms with van der Waals surface area (Å²) in [5.74, 6) is 1.45. The molecule has 1 N–H and O–H groups in total. The number of thioether (sulfide) groups is 1. The van der Waals surface area contributed by atoms with Gasteiger partial charge in [-0.15, -0.1) is 10.2 Å². The topological polar surface area (TPSA) is 69.0 Å². The van der Waals surface area contributed by atoms with Gasteiger partial charge in [-0.25, -0.2) is 0 Å².